The summed E-state index contributed by atoms with van der Waals surface area (Å²) >= 11 is 0. The van der Waals surface area contributed by atoms with Gasteiger partial charge in [0.2, 0.25) is 0 Å². The molecule has 6 nitrogen and oxygen atoms in total. The number of aromatic carboxylic acids is 1. The van der Waals surface area contributed by atoms with Crippen LogP contribution in [0.1, 0.15) is 15.9 Å². The fourth-order valence-corrected chi connectivity index (χ4v) is 1.66. The molecule has 2 aromatic rings. The van der Waals surface area contributed by atoms with Crippen LogP contribution in [0, 0.1) is 12.7 Å². The van der Waals surface area contributed by atoms with E-state index in [0.717, 1.165) is 11.6 Å². The monoisotopic (exact) mass is 289 g/mol. The van der Waals surface area contributed by atoms with E-state index in [1.165, 1.54) is 18.3 Å². The van der Waals surface area contributed by atoms with Gasteiger partial charge in [0.05, 0.1) is 23.1 Å². The van der Waals surface area contributed by atoms with Crippen LogP contribution < -0.4 is 10.6 Å². The maximum atomic E-state index is 13.7. The summed E-state index contributed by atoms with van der Waals surface area (Å²) in [5.41, 5.74) is 1.03. The number of hydrogen-bond acceptors (Lipinski definition) is 3. The Hall–Kier alpha value is -2.96. The van der Waals surface area contributed by atoms with Crippen LogP contribution in [0.3, 0.4) is 0 Å². The smallest absolute Gasteiger partial charge is 0.335 e. The molecule has 2 amide bonds. The van der Waals surface area contributed by atoms with Crippen molar-refractivity contribution < 1.29 is 19.1 Å². The molecule has 108 valence electrons. The number of halogens is 1. The highest BCUT2D eigenvalue weighted by Crippen LogP contribution is 2.16. The van der Waals surface area contributed by atoms with E-state index in [4.69, 9.17) is 5.11 Å². The van der Waals surface area contributed by atoms with E-state index in [9.17, 15) is 14.0 Å². The number of anilines is 2. The summed E-state index contributed by atoms with van der Waals surface area (Å²) in [4.78, 5) is 26.3. The van der Waals surface area contributed by atoms with E-state index in [0.29, 0.717) is 5.69 Å². The van der Waals surface area contributed by atoms with E-state index in [-0.39, 0.29) is 11.3 Å². The number of rotatable bonds is 3. The summed E-state index contributed by atoms with van der Waals surface area (Å²) in [6.45, 7) is 1.82. The van der Waals surface area contributed by atoms with Crippen LogP contribution in [0.4, 0.5) is 20.6 Å². The predicted molar refractivity (Wildman–Crippen MR) is 75.0 cm³/mol. The molecule has 3 N–H and O–H groups in total. The third-order valence-electron chi connectivity index (χ3n) is 2.60. The van der Waals surface area contributed by atoms with Crippen molar-refractivity contribution in [2.75, 3.05) is 10.6 Å². The molecule has 0 saturated heterocycles. The van der Waals surface area contributed by atoms with Crippen molar-refractivity contribution >= 4 is 23.4 Å². The van der Waals surface area contributed by atoms with Gasteiger partial charge in [-0.05, 0) is 36.8 Å². The number of carbonyl (C=O) groups excluding carboxylic acids is 1. The molecule has 0 unspecified atom stereocenters. The lowest BCUT2D eigenvalue weighted by Crippen LogP contribution is -2.20. The number of aromatic nitrogens is 1. The van der Waals surface area contributed by atoms with Gasteiger partial charge in [0, 0.05) is 6.20 Å². The number of carbonyl (C=O) groups is 2. The van der Waals surface area contributed by atoms with Crippen LogP contribution >= 0.6 is 0 Å². The van der Waals surface area contributed by atoms with Gasteiger partial charge in [-0.25, -0.2) is 14.0 Å². The lowest BCUT2D eigenvalue weighted by atomic mass is 10.2. The SMILES string of the molecule is Cc1cncc(NC(=O)Nc2ccc(C(=O)O)cc2F)c1. The molecule has 0 radical (unpaired) electrons. The van der Waals surface area contributed by atoms with E-state index in [1.54, 1.807) is 12.3 Å². The molecule has 1 aromatic heterocycles. The Bertz CT molecular complexity index is 704. The zero-order valence-corrected chi connectivity index (χ0v) is 11.1. The standard InChI is InChI=1S/C14H12FN3O3/c1-8-4-10(7-16-6-8)17-14(21)18-12-3-2-9(13(19)20)5-11(12)15/h2-7H,1H3,(H,19,20)(H2,17,18,21). The summed E-state index contributed by atoms with van der Waals surface area (Å²) in [7, 11) is 0. The molecular formula is C14H12FN3O3. The van der Waals surface area contributed by atoms with Gasteiger partial charge in [-0.15, -0.1) is 0 Å². The second-order valence-corrected chi connectivity index (χ2v) is 4.33. The van der Waals surface area contributed by atoms with Gasteiger partial charge in [0.1, 0.15) is 5.82 Å². The van der Waals surface area contributed by atoms with Crippen molar-refractivity contribution in [2.45, 2.75) is 6.92 Å². The third kappa shape index (κ3) is 3.75. The van der Waals surface area contributed by atoms with Crippen molar-refractivity contribution in [3.8, 4) is 0 Å². The van der Waals surface area contributed by atoms with Crippen LogP contribution in [-0.4, -0.2) is 22.1 Å². The quantitative estimate of drug-likeness (QED) is 0.810. The fraction of sp³-hybridized carbons (Fsp3) is 0.0714. The summed E-state index contributed by atoms with van der Waals surface area (Å²) in [5.74, 6) is -2.07. The number of urea groups is 1. The molecule has 7 heteroatoms. The number of nitrogens with one attached hydrogen (secondary N) is 2. The van der Waals surface area contributed by atoms with Crippen LogP contribution in [-0.2, 0) is 0 Å². The Morgan fingerprint density at radius 3 is 2.57 bits per heavy atom. The van der Waals surface area contributed by atoms with Gasteiger partial charge >= 0.3 is 12.0 Å². The molecule has 0 aliphatic carbocycles. The van der Waals surface area contributed by atoms with Crippen LogP contribution in [0.5, 0.6) is 0 Å². The molecular weight excluding hydrogens is 277 g/mol. The van der Waals surface area contributed by atoms with Crippen molar-refractivity contribution in [2.24, 2.45) is 0 Å². The minimum atomic E-state index is -1.24. The largest absolute Gasteiger partial charge is 0.478 e. The Morgan fingerprint density at radius 1 is 1.19 bits per heavy atom. The normalized spacial score (nSPS) is 10.0. The Morgan fingerprint density at radius 2 is 1.95 bits per heavy atom. The highest BCUT2D eigenvalue weighted by molar-refractivity contribution is 6.00. The first-order valence-corrected chi connectivity index (χ1v) is 5.98. The van der Waals surface area contributed by atoms with Gasteiger partial charge in [-0.3, -0.25) is 4.98 Å². The molecule has 1 aromatic carbocycles. The average molecular weight is 289 g/mol. The molecule has 0 aliphatic rings. The van der Waals surface area contributed by atoms with E-state index in [1.807, 2.05) is 6.92 Å². The van der Waals surface area contributed by atoms with Crippen LogP contribution in [0.2, 0.25) is 0 Å². The summed E-state index contributed by atoms with van der Waals surface area (Å²) in [6.07, 6.45) is 3.09. The molecule has 1 heterocycles. The third-order valence-corrected chi connectivity index (χ3v) is 2.60. The number of amides is 2. The summed E-state index contributed by atoms with van der Waals surface area (Å²) in [6, 6.07) is 4.29. The minimum Gasteiger partial charge on any atom is -0.478 e. The minimum absolute atomic E-state index is 0.113. The summed E-state index contributed by atoms with van der Waals surface area (Å²) < 4.78 is 13.7. The topological polar surface area (TPSA) is 91.3 Å². The number of aryl methyl sites for hydroxylation is 1. The van der Waals surface area contributed by atoms with Gasteiger partial charge in [-0.1, -0.05) is 0 Å². The lowest BCUT2D eigenvalue weighted by Gasteiger charge is -2.09. The second kappa shape index (κ2) is 6.00. The van der Waals surface area contributed by atoms with Gasteiger partial charge < -0.3 is 15.7 Å². The summed E-state index contributed by atoms with van der Waals surface area (Å²) in [5, 5.41) is 13.5. The zero-order valence-electron chi connectivity index (χ0n) is 11.1. The predicted octanol–water partition coefficient (Wildman–Crippen LogP) is 2.87. The van der Waals surface area contributed by atoms with Crippen molar-refractivity contribution in [3.05, 3.63) is 53.6 Å². The average Bonchev–Trinajstić information content (AvgIpc) is 2.40. The molecule has 0 bridgehead atoms. The Kier molecular flexibility index (Phi) is 4.13. The second-order valence-electron chi connectivity index (χ2n) is 4.33. The van der Waals surface area contributed by atoms with Gasteiger partial charge in [0.25, 0.3) is 0 Å². The maximum absolute atomic E-state index is 13.7. The van der Waals surface area contributed by atoms with Crippen molar-refractivity contribution in [1.82, 2.24) is 4.98 Å². The molecule has 0 aliphatic heterocycles. The molecule has 0 fully saturated rings. The van der Waals surface area contributed by atoms with Crippen LogP contribution in [0.15, 0.2) is 36.7 Å². The Labute approximate surface area is 119 Å². The number of hydrogen-bond donors (Lipinski definition) is 3. The van der Waals surface area contributed by atoms with E-state index in [2.05, 4.69) is 15.6 Å². The first-order valence-electron chi connectivity index (χ1n) is 5.98. The highest BCUT2D eigenvalue weighted by Gasteiger charge is 2.11. The van der Waals surface area contributed by atoms with Gasteiger partial charge in [-0.2, -0.15) is 0 Å². The number of carboxylic acids is 1. The first-order chi connectivity index (χ1) is 9.95. The van der Waals surface area contributed by atoms with E-state index < -0.39 is 17.8 Å². The number of nitrogens with zero attached hydrogens (tertiary/aromatic N) is 1. The van der Waals surface area contributed by atoms with Crippen LogP contribution in [0.25, 0.3) is 0 Å². The van der Waals surface area contributed by atoms with Crippen molar-refractivity contribution in [3.63, 3.8) is 0 Å². The fourth-order valence-electron chi connectivity index (χ4n) is 1.66. The van der Waals surface area contributed by atoms with Crippen molar-refractivity contribution in [1.29, 1.82) is 0 Å². The first kappa shape index (κ1) is 14.4. The molecule has 0 spiro atoms. The number of carboxylic acid groups (broad SMARTS) is 1. The molecule has 21 heavy (non-hydrogen) atoms. The number of benzene rings is 1. The lowest BCUT2D eigenvalue weighted by molar-refractivity contribution is 0.0696. The Balaban J connectivity index is 2.08. The molecule has 0 saturated carbocycles. The highest BCUT2D eigenvalue weighted by atomic mass is 19.1. The van der Waals surface area contributed by atoms with E-state index >= 15 is 0 Å². The number of pyridine rings is 1. The van der Waals surface area contributed by atoms with Gasteiger partial charge in [0.15, 0.2) is 0 Å². The maximum Gasteiger partial charge on any atom is 0.335 e. The zero-order chi connectivity index (χ0) is 15.4. The molecule has 2 rings (SSSR count). The molecule has 0 atom stereocenters.